The molecule has 4 rings (SSSR count). The molecule has 130 valence electrons. The second kappa shape index (κ2) is 6.76. The van der Waals surface area contributed by atoms with Crippen LogP contribution < -0.4 is 10.1 Å². The van der Waals surface area contributed by atoms with E-state index in [9.17, 15) is 4.79 Å². The Morgan fingerprint density at radius 3 is 2.69 bits per heavy atom. The maximum atomic E-state index is 12.7. The molecule has 4 nitrogen and oxygen atoms in total. The molecule has 0 aliphatic heterocycles. The highest BCUT2D eigenvalue weighted by Gasteiger charge is 2.16. The number of nitrogens with one attached hydrogen (secondary N) is 1. The lowest BCUT2D eigenvalue weighted by molar-refractivity contribution is 0.103. The second-order valence-electron chi connectivity index (χ2n) is 5.58. The van der Waals surface area contributed by atoms with Gasteiger partial charge in [-0.1, -0.05) is 41.4 Å². The van der Waals surface area contributed by atoms with Gasteiger partial charge in [-0.3, -0.25) is 4.79 Å². The lowest BCUT2D eigenvalue weighted by Gasteiger charge is -2.07. The molecule has 26 heavy (non-hydrogen) atoms. The molecule has 2 heterocycles. The standard InChI is InChI=1S/C19H12Cl2N2O2S/c1-25-15-7-6-10(8-13(15)20)22-19(24)16-9-12-17(26-16)11-4-2-3-5-14(11)23-18(12)21/h2-9H,1H3,(H,22,24). The summed E-state index contributed by atoms with van der Waals surface area (Å²) in [6.07, 6.45) is 0. The second-order valence-corrected chi connectivity index (χ2v) is 7.39. The fraction of sp³-hybridized carbons (Fsp3) is 0.0526. The minimum Gasteiger partial charge on any atom is -0.495 e. The summed E-state index contributed by atoms with van der Waals surface area (Å²) in [7, 11) is 1.54. The topological polar surface area (TPSA) is 51.2 Å². The van der Waals surface area contributed by atoms with Crippen molar-refractivity contribution in [3.63, 3.8) is 0 Å². The minimum atomic E-state index is -0.229. The molecule has 0 aliphatic carbocycles. The molecule has 2 aromatic heterocycles. The molecule has 0 bridgehead atoms. The van der Waals surface area contributed by atoms with Crippen molar-refractivity contribution >= 4 is 67.1 Å². The highest BCUT2D eigenvalue weighted by Crippen LogP contribution is 2.36. The number of anilines is 1. The largest absolute Gasteiger partial charge is 0.495 e. The maximum Gasteiger partial charge on any atom is 0.265 e. The van der Waals surface area contributed by atoms with E-state index >= 15 is 0 Å². The summed E-state index contributed by atoms with van der Waals surface area (Å²) in [5.41, 5.74) is 1.40. The number of methoxy groups -OCH3 is 1. The molecule has 2 aromatic carbocycles. The molecular formula is C19H12Cl2N2O2S. The molecule has 7 heteroatoms. The van der Waals surface area contributed by atoms with Crippen molar-refractivity contribution in [3.8, 4) is 5.75 Å². The summed E-state index contributed by atoms with van der Waals surface area (Å²) in [6, 6.07) is 14.6. The van der Waals surface area contributed by atoms with Gasteiger partial charge in [0.2, 0.25) is 0 Å². The first-order chi connectivity index (χ1) is 12.6. The van der Waals surface area contributed by atoms with Crippen LogP contribution in [-0.4, -0.2) is 18.0 Å². The Kier molecular flexibility index (Phi) is 4.44. The lowest BCUT2D eigenvalue weighted by Crippen LogP contribution is -2.09. The summed E-state index contributed by atoms with van der Waals surface area (Å²) in [6.45, 7) is 0. The van der Waals surface area contributed by atoms with Crippen LogP contribution in [0, 0.1) is 0 Å². The molecule has 4 aromatic rings. The van der Waals surface area contributed by atoms with Gasteiger partial charge in [0.05, 0.1) is 22.5 Å². The van der Waals surface area contributed by atoms with Gasteiger partial charge < -0.3 is 10.1 Å². The Hall–Kier alpha value is -2.34. The Morgan fingerprint density at radius 2 is 1.92 bits per heavy atom. The molecule has 0 saturated carbocycles. The number of fused-ring (bicyclic) bond motifs is 3. The van der Waals surface area contributed by atoms with Crippen molar-refractivity contribution in [1.82, 2.24) is 4.98 Å². The number of rotatable bonds is 3. The predicted molar refractivity (Wildman–Crippen MR) is 108 cm³/mol. The molecule has 0 spiro atoms. The van der Waals surface area contributed by atoms with Crippen molar-refractivity contribution in [1.29, 1.82) is 0 Å². The van der Waals surface area contributed by atoms with Gasteiger partial charge in [0.1, 0.15) is 10.9 Å². The zero-order valence-corrected chi connectivity index (χ0v) is 15.9. The lowest BCUT2D eigenvalue weighted by atomic mass is 10.2. The number of benzene rings is 2. The van der Waals surface area contributed by atoms with Crippen LogP contribution in [0.2, 0.25) is 10.2 Å². The predicted octanol–water partition coefficient (Wildman–Crippen LogP) is 6.02. The summed E-state index contributed by atoms with van der Waals surface area (Å²) < 4.78 is 6.06. The van der Waals surface area contributed by atoms with Crippen LogP contribution >= 0.6 is 34.5 Å². The van der Waals surface area contributed by atoms with E-state index in [4.69, 9.17) is 27.9 Å². The Balaban J connectivity index is 1.72. The first kappa shape index (κ1) is 17.1. The summed E-state index contributed by atoms with van der Waals surface area (Å²) in [4.78, 5) is 17.6. The number of hydrogen-bond acceptors (Lipinski definition) is 4. The number of halogens is 2. The monoisotopic (exact) mass is 402 g/mol. The molecule has 0 saturated heterocycles. The number of carbonyl (C=O) groups is 1. The Bertz CT molecular complexity index is 1160. The number of thiophene rings is 1. The van der Waals surface area contributed by atoms with E-state index in [0.717, 1.165) is 21.0 Å². The van der Waals surface area contributed by atoms with Gasteiger partial charge in [-0.15, -0.1) is 11.3 Å². The summed E-state index contributed by atoms with van der Waals surface area (Å²) in [5, 5.41) is 5.41. The number of aromatic nitrogens is 1. The highest BCUT2D eigenvalue weighted by molar-refractivity contribution is 7.22. The van der Waals surface area contributed by atoms with E-state index in [1.165, 1.54) is 11.3 Å². The number of ether oxygens (including phenoxy) is 1. The molecule has 1 N–H and O–H groups in total. The molecule has 0 aliphatic rings. The molecule has 0 unspecified atom stereocenters. The molecule has 0 fully saturated rings. The highest BCUT2D eigenvalue weighted by atomic mass is 35.5. The van der Waals surface area contributed by atoms with E-state index in [2.05, 4.69) is 10.3 Å². The van der Waals surface area contributed by atoms with Crippen LogP contribution in [0.25, 0.3) is 21.0 Å². The Labute approximate surface area is 163 Å². The number of hydrogen-bond donors (Lipinski definition) is 1. The van der Waals surface area contributed by atoms with Gasteiger partial charge in [-0.05, 0) is 30.3 Å². The van der Waals surface area contributed by atoms with Gasteiger partial charge in [0.15, 0.2) is 0 Å². The number of carbonyl (C=O) groups excluding carboxylic acids is 1. The van der Waals surface area contributed by atoms with Crippen molar-refractivity contribution in [2.24, 2.45) is 0 Å². The third kappa shape index (κ3) is 2.98. The fourth-order valence-electron chi connectivity index (χ4n) is 2.72. The van der Waals surface area contributed by atoms with Crippen LogP contribution in [0.1, 0.15) is 9.67 Å². The van der Waals surface area contributed by atoms with E-state index in [1.807, 2.05) is 24.3 Å². The average molecular weight is 403 g/mol. The number of para-hydroxylation sites is 1. The molecular weight excluding hydrogens is 391 g/mol. The first-order valence-corrected chi connectivity index (χ1v) is 9.27. The summed E-state index contributed by atoms with van der Waals surface area (Å²) >= 11 is 13.8. The minimum absolute atomic E-state index is 0.229. The zero-order valence-electron chi connectivity index (χ0n) is 13.5. The molecule has 0 radical (unpaired) electrons. The van der Waals surface area contributed by atoms with Crippen LogP contribution in [0.5, 0.6) is 5.75 Å². The number of amides is 1. The summed E-state index contributed by atoms with van der Waals surface area (Å²) in [5.74, 6) is 0.323. The van der Waals surface area contributed by atoms with E-state index < -0.39 is 0 Å². The smallest absolute Gasteiger partial charge is 0.265 e. The van der Waals surface area contributed by atoms with Crippen molar-refractivity contribution in [3.05, 3.63) is 63.6 Å². The Morgan fingerprint density at radius 1 is 1.12 bits per heavy atom. The fourth-order valence-corrected chi connectivity index (χ4v) is 4.36. The third-order valence-electron chi connectivity index (χ3n) is 3.96. The third-order valence-corrected chi connectivity index (χ3v) is 5.71. The van der Waals surface area contributed by atoms with Crippen LogP contribution in [-0.2, 0) is 0 Å². The van der Waals surface area contributed by atoms with Crippen LogP contribution in [0.4, 0.5) is 5.69 Å². The van der Waals surface area contributed by atoms with E-state index in [1.54, 1.807) is 31.4 Å². The van der Waals surface area contributed by atoms with Gasteiger partial charge in [0, 0.05) is 21.2 Å². The van der Waals surface area contributed by atoms with Gasteiger partial charge in [0.25, 0.3) is 5.91 Å². The molecule has 1 amide bonds. The van der Waals surface area contributed by atoms with Gasteiger partial charge >= 0.3 is 0 Å². The average Bonchev–Trinajstić information content (AvgIpc) is 3.08. The zero-order chi connectivity index (χ0) is 18.3. The van der Waals surface area contributed by atoms with Crippen LogP contribution in [0.3, 0.4) is 0 Å². The SMILES string of the molecule is COc1ccc(NC(=O)c2cc3c(Cl)nc4ccccc4c3s2)cc1Cl. The number of pyridine rings is 1. The maximum absolute atomic E-state index is 12.7. The molecule has 0 atom stereocenters. The quantitative estimate of drug-likeness (QED) is 0.426. The van der Waals surface area contributed by atoms with E-state index in [0.29, 0.717) is 26.5 Å². The normalized spacial score (nSPS) is 11.0. The van der Waals surface area contributed by atoms with Gasteiger partial charge in [-0.2, -0.15) is 0 Å². The van der Waals surface area contributed by atoms with Crippen LogP contribution in [0.15, 0.2) is 48.5 Å². The first-order valence-electron chi connectivity index (χ1n) is 7.69. The van der Waals surface area contributed by atoms with Gasteiger partial charge in [-0.25, -0.2) is 4.98 Å². The van der Waals surface area contributed by atoms with Crippen molar-refractivity contribution in [2.45, 2.75) is 0 Å². The van der Waals surface area contributed by atoms with Crippen molar-refractivity contribution < 1.29 is 9.53 Å². The van der Waals surface area contributed by atoms with Crippen molar-refractivity contribution in [2.75, 3.05) is 12.4 Å². The van der Waals surface area contributed by atoms with E-state index in [-0.39, 0.29) is 5.91 Å². The number of nitrogens with zero attached hydrogens (tertiary/aromatic N) is 1.